The highest BCUT2D eigenvalue weighted by Gasteiger charge is 2.31. The van der Waals surface area contributed by atoms with Crippen LogP contribution in [-0.2, 0) is 16.4 Å². The summed E-state index contributed by atoms with van der Waals surface area (Å²) in [7, 11) is -2.84. The zero-order valence-corrected chi connectivity index (χ0v) is 14.2. The van der Waals surface area contributed by atoms with Crippen LogP contribution in [0.5, 0.6) is 0 Å². The van der Waals surface area contributed by atoms with Crippen LogP contribution < -0.4 is 0 Å². The first-order valence-electron chi connectivity index (χ1n) is 8.11. The Labute approximate surface area is 137 Å². The number of aromatic nitrogens is 2. The molecular weight excluding hydrogens is 310 g/mol. The van der Waals surface area contributed by atoms with Gasteiger partial charge in [0.15, 0.2) is 9.84 Å². The molecule has 0 unspecified atom stereocenters. The molecule has 1 aromatic carbocycles. The number of rotatable bonds is 6. The number of benzene rings is 1. The van der Waals surface area contributed by atoms with Crippen molar-refractivity contribution in [3.05, 3.63) is 48.3 Å². The fraction of sp³-hybridized carbons (Fsp3) is 0.471. The summed E-state index contributed by atoms with van der Waals surface area (Å²) in [5.74, 6) is 0.633. The molecule has 0 spiro atoms. The van der Waals surface area contributed by atoms with Crippen LogP contribution in [0.2, 0.25) is 0 Å². The number of nitrogens with zero attached hydrogens (tertiary/aromatic N) is 3. The van der Waals surface area contributed by atoms with Gasteiger partial charge in [0.05, 0.1) is 17.2 Å². The third kappa shape index (κ3) is 4.00. The Balaban J connectivity index is 1.70. The maximum absolute atomic E-state index is 11.7. The first kappa shape index (κ1) is 16.2. The molecule has 0 aliphatic carbocycles. The summed E-state index contributed by atoms with van der Waals surface area (Å²) in [5.41, 5.74) is 2.24. The summed E-state index contributed by atoms with van der Waals surface area (Å²) in [6.45, 7) is 3.87. The van der Waals surface area contributed by atoms with E-state index < -0.39 is 9.84 Å². The zero-order chi connectivity index (χ0) is 16.3. The smallest absolute Gasteiger partial charge is 0.151 e. The lowest BCUT2D eigenvalue weighted by atomic mass is 10.1. The van der Waals surface area contributed by atoms with Crippen molar-refractivity contribution in [2.75, 3.05) is 18.1 Å². The minimum atomic E-state index is -2.84. The highest BCUT2D eigenvalue weighted by atomic mass is 32.2. The van der Waals surface area contributed by atoms with E-state index in [9.17, 15) is 8.42 Å². The molecule has 1 aliphatic heterocycles. The van der Waals surface area contributed by atoms with E-state index in [1.54, 1.807) is 6.20 Å². The van der Waals surface area contributed by atoms with E-state index in [2.05, 4.69) is 41.2 Å². The van der Waals surface area contributed by atoms with Crippen LogP contribution >= 0.6 is 0 Å². The fourth-order valence-electron chi connectivity index (χ4n) is 3.15. The van der Waals surface area contributed by atoms with Crippen molar-refractivity contribution < 1.29 is 8.42 Å². The minimum Gasteiger partial charge on any atom is -0.295 e. The van der Waals surface area contributed by atoms with Crippen molar-refractivity contribution >= 4 is 9.84 Å². The van der Waals surface area contributed by atoms with Crippen LogP contribution in [0.1, 0.15) is 25.3 Å². The second kappa shape index (κ2) is 6.84. The molecule has 3 rings (SSSR count). The van der Waals surface area contributed by atoms with E-state index in [1.807, 2.05) is 16.9 Å². The Bertz CT molecular complexity index is 724. The van der Waals surface area contributed by atoms with Crippen LogP contribution in [0.25, 0.3) is 5.69 Å². The average molecular weight is 333 g/mol. The summed E-state index contributed by atoms with van der Waals surface area (Å²) in [6, 6.07) is 10.4. The standard InChI is InChI=1S/C17H23N3O2S/c1-2-10-19(17-8-12-23(21,22)14-17)13-15-4-6-16(7-5-15)20-11-3-9-18-20/h3-7,9,11,17H,2,8,10,12-14H2,1H3/t17-/m1/s1. The molecule has 1 atom stereocenters. The Kier molecular flexibility index (Phi) is 4.82. The van der Waals surface area contributed by atoms with E-state index in [0.29, 0.717) is 11.5 Å². The van der Waals surface area contributed by atoms with Gasteiger partial charge >= 0.3 is 0 Å². The van der Waals surface area contributed by atoms with Gasteiger partial charge in [0.2, 0.25) is 0 Å². The van der Waals surface area contributed by atoms with Gasteiger partial charge in [-0.2, -0.15) is 5.10 Å². The topological polar surface area (TPSA) is 55.2 Å². The van der Waals surface area contributed by atoms with E-state index in [1.165, 1.54) is 5.56 Å². The summed E-state index contributed by atoms with van der Waals surface area (Å²) < 4.78 is 25.3. The molecular formula is C17H23N3O2S. The molecule has 2 aromatic rings. The maximum atomic E-state index is 11.7. The predicted molar refractivity (Wildman–Crippen MR) is 91.3 cm³/mol. The van der Waals surface area contributed by atoms with Crippen molar-refractivity contribution in [3.8, 4) is 5.69 Å². The van der Waals surface area contributed by atoms with Gasteiger partial charge in [-0.1, -0.05) is 19.1 Å². The zero-order valence-electron chi connectivity index (χ0n) is 13.4. The van der Waals surface area contributed by atoms with E-state index in [0.717, 1.165) is 31.6 Å². The molecule has 0 radical (unpaired) electrons. The second-order valence-corrected chi connectivity index (χ2v) is 8.37. The van der Waals surface area contributed by atoms with Gasteiger partial charge in [0.25, 0.3) is 0 Å². The van der Waals surface area contributed by atoms with Gasteiger partial charge in [-0.05, 0) is 43.1 Å². The lowest BCUT2D eigenvalue weighted by molar-refractivity contribution is 0.204. The van der Waals surface area contributed by atoms with Crippen molar-refractivity contribution in [1.82, 2.24) is 14.7 Å². The molecule has 2 heterocycles. The van der Waals surface area contributed by atoms with Gasteiger partial charge in [-0.15, -0.1) is 0 Å². The molecule has 1 saturated heterocycles. The lowest BCUT2D eigenvalue weighted by Crippen LogP contribution is -2.36. The first-order valence-corrected chi connectivity index (χ1v) is 9.93. The maximum Gasteiger partial charge on any atom is 0.151 e. The van der Waals surface area contributed by atoms with Crippen molar-refractivity contribution in [2.45, 2.75) is 32.4 Å². The molecule has 124 valence electrons. The highest BCUT2D eigenvalue weighted by molar-refractivity contribution is 7.91. The lowest BCUT2D eigenvalue weighted by Gasteiger charge is -2.27. The summed E-state index contributed by atoms with van der Waals surface area (Å²) in [4.78, 5) is 2.31. The van der Waals surface area contributed by atoms with Gasteiger partial charge in [-0.25, -0.2) is 13.1 Å². The largest absolute Gasteiger partial charge is 0.295 e. The molecule has 0 amide bonds. The molecule has 0 N–H and O–H groups in total. The van der Waals surface area contributed by atoms with Crippen molar-refractivity contribution in [3.63, 3.8) is 0 Å². The third-order valence-corrected chi connectivity index (χ3v) is 6.08. The molecule has 1 aliphatic rings. The summed E-state index contributed by atoms with van der Waals surface area (Å²) in [6.07, 6.45) is 5.47. The number of sulfone groups is 1. The van der Waals surface area contributed by atoms with Crippen LogP contribution in [0.4, 0.5) is 0 Å². The third-order valence-electron chi connectivity index (χ3n) is 4.33. The van der Waals surface area contributed by atoms with Gasteiger partial charge in [-0.3, -0.25) is 4.90 Å². The van der Waals surface area contributed by atoms with Crippen LogP contribution in [0, 0.1) is 0 Å². The van der Waals surface area contributed by atoms with E-state index in [4.69, 9.17) is 0 Å². The number of hydrogen-bond donors (Lipinski definition) is 0. The molecule has 1 aromatic heterocycles. The quantitative estimate of drug-likeness (QED) is 0.814. The normalized spacial score (nSPS) is 20.2. The average Bonchev–Trinajstić information content (AvgIpc) is 3.17. The number of hydrogen-bond acceptors (Lipinski definition) is 4. The Morgan fingerprint density at radius 1 is 1.30 bits per heavy atom. The molecule has 0 saturated carbocycles. The first-order chi connectivity index (χ1) is 11.1. The molecule has 0 bridgehead atoms. The fourth-order valence-corrected chi connectivity index (χ4v) is 4.91. The van der Waals surface area contributed by atoms with Crippen LogP contribution in [0.15, 0.2) is 42.7 Å². The molecule has 1 fully saturated rings. The Morgan fingerprint density at radius 3 is 2.65 bits per heavy atom. The van der Waals surface area contributed by atoms with E-state index in [-0.39, 0.29) is 6.04 Å². The monoisotopic (exact) mass is 333 g/mol. The second-order valence-electron chi connectivity index (χ2n) is 6.14. The summed E-state index contributed by atoms with van der Waals surface area (Å²) in [5, 5.41) is 4.23. The molecule has 5 nitrogen and oxygen atoms in total. The van der Waals surface area contributed by atoms with E-state index >= 15 is 0 Å². The van der Waals surface area contributed by atoms with Gasteiger partial charge in [0, 0.05) is 25.0 Å². The Morgan fingerprint density at radius 2 is 2.09 bits per heavy atom. The van der Waals surface area contributed by atoms with Crippen LogP contribution in [0.3, 0.4) is 0 Å². The van der Waals surface area contributed by atoms with Gasteiger partial charge in [0.1, 0.15) is 0 Å². The van der Waals surface area contributed by atoms with Crippen LogP contribution in [-0.4, -0.2) is 47.2 Å². The van der Waals surface area contributed by atoms with Gasteiger partial charge < -0.3 is 0 Å². The molecule has 23 heavy (non-hydrogen) atoms. The summed E-state index contributed by atoms with van der Waals surface area (Å²) >= 11 is 0. The Hall–Kier alpha value is -1.66. The van der Waals surface area contributed by atoms with Crippen molar-refractivity contribution in [2.24, 2.45) is 0 Å². The minimum absolute atomic E-state index is 0.158. The predicted octanol–water partition coefficient (Wildman–Crippen LogP) is 2.27. The highest BCUT2D eigenvalue weighted by Crippen LogP contribution is 2.21. The van der Waals surface area contributed by atoms with Crippen molar-refractivity contribution in [1.29, 1.82) is 0 Å². The molecule has 6 heteroatoms. The SMILES string of the molecule is CCCN(Cc1ccc(-n2cccn2)cc1)[C@@H]1CCS(=O)(=O)C1.